The van der Waals surface area contributed by atoms with Crippen molar-refractivity contribution in [3.8, 4) is 0 Å². The molecule has 0 saturated heterocycles. The predicted octanol–water partition coefficient (Wildman–Crippen LogP) is 5.91. The number of hydrogen-bond donors (Lipinski definition) is 0. The molecule has 112 valence electrons. The van der Waals surface area contributed by atoms with Crippen LogP contribution in [0.4, 0.5) is 0 Å². The van der Waals surface area contributed by atoms with Crippen molar-refractivity contribution in [3.05, 3.63) is 0 Å². The van der Waals surface area contributed by atoms with E-state index in [9.17, 15) is 4.79 Å². The maximum Gasteiger partial charge on any atom is 0.133 e. The molecule has 0 amide bonds. The van der Waals surface area contributed by atoms with Crippen LogP contribution in [0.5, 0.6) is 0 Å². The third-order valence-electron chi connectivity index (χ3n) is 4.81. The molecule has 0 spiro atoms. The molecule has 19 heavy (non-hydrogen) atoms. The first-order valence-electron chi connectivity index (χ1n) is 8.75. The molecule has 0 N–H and O–H groups in total. The molecule has 1 rings (SSSR count). The van der Waals surface area contributed by atoms with E-state index >= 15 is 0 Å². The van der Waals surface area contributed by atoms with Crippen molar-refractivity contribution in [2.24, 2.45) is 11.8 Å². The van der Waals surface area contributed by atoms with Gasteiger partial charge in [-0.1, -0.05) is 78.1 Å². The minimum atomic E-state index is 0.522. The molecule has 0 bridgehead atoms. The van der Waals surface area contributed by atoms with Crippen LogP contribution in [0.2, 0.25) is 0 Å². The van der Waals surface area contributed by atoms with E-state index in [1.54, 1.807) is 0 Å². The highest BCUT2D eigenvalue weighted by molar-refractivity contribution is 5.78. The van der Waals surface area contributed by atoms with Gasteiger partial charge < -0.3 is 0 Å². The normalized spacial score (nSPS) is 18.4. The summed E-state index contributed by atoms with van der Waals surface area (Å²) in [6.45, 7) is 4.55. The van der Waals surface area contributed by atoms with E-state index in [-0.39, 0.29) is 0 Å². The van der Waals surface area contributed by atoms with Gasteiger partial charge >= 0.3 is 0 Å². The highest BCUT2D eigenvalue weighted by atomic mass is 16.1. The lowest BCUT2D eigenvalue weighted by Crippen LogP contribution is -2.18. The predicted molar refractivity (Wildman–Crippen MR) is 83.4 cm³/mol. The quantitative estimate of drug-likeness (QED) is 0.449. The molecule has 1 unspecified atom stereocenters. The Balaban J connectivity index is 2.02. The molecule has 0 aromatic heterocycles. The van der Waals surface area contributed by atoms with Gasteiger partial charge in [0.2, 0.25) is 0 Å². The average molecular weight is 266 g/mol. The smallest absolute Gasteiger partial charge is 0.133 e. The number of rotatable bonds is 10. The van der Waals surface area contributed by atoms with E-state index in [2.05, 4.69) is 13.8 Å². The van der Waals surface area contributed by atoms with Gasteiger partial charge in [-0.25, -0.2) is 0 Å². The van der Waals surface area contributed by atoms with E-state index in [4.69, 9.17) is 0 Å². The molecule has 1 aliphatic carbocycles. The molecule has 1 fully saturated rings. The van der Waals surface area contributed by atoms with Crippen molar-refractivity contribution in [2.75, 3.05) is 0 Å². The Morgan fingerprint density at radius 3 is 2.32 bits per heavy atom. The molecule has 0 aliphatic heterocycles. The minimum absolute atomic E-state index is 0.522. The van der Waals surface area contributed by atoms with Gasteiger partial charge in [-0.15, -0.1) is 0 Å². The summed E-state index contributed by atoms with van der Waals surface area (Å²) in [6.07, 6.45) is 16.3. The lowest BCUT2D eigenvalue weighted by Gasteiger charge is -2.27. The second-order valence-corrected chi connectivity index (χ2v) is 6.64. The first kappa shape index (κ1) is 16.7. The fourth-order valence-corrected chi connectivity index (χ4v) is 3.43. The third kappa shape index (κ3) is 7.74. The maximum absolute atomic E-state index is 12.0. The summed E-state index contributed by atoms with van der Waals surface area (Å²) >= 11 is 0. The third-order valence-corrected chi connectivity index (χ3v) is 4.81. The van der Waals surface area contributed by atoms with Gasteiger partial charge in [-0.05, 0) is 18.3 Å². The molecule has 1 aliphatic rings. The summed E-state index contributed by atoms with van der Waals surface area (Å²) < 4.78 is 0. The second-order valence-electron chi connectivity index (χ2n) is 6.64. The average Bonchev–Trinajstić information content (AvgIpc) is 2.43. The molecule has 1 nitrogen and oxygen atoms in total. The van der Waals surface area contributed by atoms with Crippen molar-refractivity contribution in [3.63, 3.8) is 0 Å². The molecule has 0 radical (unpaired) electrons. The van der Waals surface area contributed by atoms with E-state index in [1.165, 1.54) is 64.2 Å². The molecule has 0 aromatic carbocycles. The van der Waals surface area contributed by atoms with Crippen LogP contribution in [0, 0.1) is 11.8 Å². The van der Waals surface area contributed by atoms with E-state index in [0.29, 0.717) is 11.7 Å². The number of hydrogen-bond acceptors (Lipinski definition) is 1. The second kappa shape index (κ2) is 10.5. The maximum atomic E-state index is 12.0. The number of ketones is 1. The zero-order valence-electron chi connectivity index (χ0n) is 13.3. The van der Waals surface area contributed by atoms with Gasteiger partial charge in [0.05, 0.1) is 0 Å². The van der Waals surface area contributed by atoms with Gasteiger partial charge in [0.1, 0.15) is 5.78 Å². The first-order chi connectivity index (χ1) is 9.24. The van der Waals surface area contributed by atoms with Crippen LogP contribution >= 0.6 is 0 Å². The fourth-order valence-electron chi connectivity index (χ4n) is 3.43. The molecule has 0 heterocycles. The van der Waals surface area contributed by atoms with Crippen molar-refractivity contribution in [1.82, 2.24) is 0 Å². The molecule has 1 saturated carbocycles. The number of Topliss-reactive ketones (excluding diaryl/α,β-unsaturated/α-hetero) is 1. The Kier molecular flexibility index (Phi) is 9.20. The number of unbranched alkanes of at least 4 members (excludes halogenated alkanes) is 5. The van der Waals surface area contributed by atoms with Crippen molar-refractivity contribution < 1.29 is 4.79 Å². The highest BCUT2D eigenvalue weighted by Crippen LogP contribution is 2.31. The lowest BCUT2D eigenvalue weighted by atomic mass is 9.78. The van der Waals surface area contributed by atoms with E-state index in [1.807, 2.05) is 0 Å². The Bertz CT molecular complexity index is 228. The van der Waals surface area contributed by atoms with Crippen molar-refractivity contribution >= 4 is 5.78 Å². The Hall–Kier alpha value is -0.330. The Morgan fingerprint density at radius 2 is 1.63 bits per heavy atom. The summed E-state index contributed by atoms with van der Waals surface area (Å²) in [5, 5.41) is 0. The van der Waals surface area contributed by atoms with Crippen LogP contribution in [0.1, 0.15) is 97.3 Å². The largest absolute Gasteiger partial charge is 0.300 e. The summed E-state index contributed by atoms with van der Waals surface area (Å²) in [4.78, 5) is 12.0. The van der Waals surface area contributed by atoms with E-state index in [0.717, 1.165) is 25.2 Å². The van der Waals surface area contributed by atoms with Crippen LogP contribution in [0.25, 0.3) is 0 Å². The highest BCUT2D eigenvalue weighted by Gasteiger charge is 2.21. The van der Waals surface area contributed by atoms with Gasteiger partial charge in [-0.2, -0.15) is 0 Å². The van der Waals surface area contributed by atoms with Crippen LogP contribution in [-0.4, -0.2) is 5.78 Å². The van der Waals surface area contributed by atoms with Crippen LogP contribution in [-0.2, 0) is 4.79 Å². The summed E-state index contributed by atoms with van der Waals surface area (Å²) in [7, 11) is 0. The van der Waals surface area contributed by atoms with Crippen LogP contribution in [0.15, 0.2) is 0 Å². The molecular weight excluding hydrogens is 232 g/mol. The summed E-state index contributed by atoms with van der Waals surface area (Å²) in [5.41, 5.74) is 0. The first-order valence-corrected chi connectivity index (χ1v) is 8.75. The Labute approximate surface area is 120 Å². The topological polar surface area (TPSA) is 17.1 Å². The van der Waals surface area contributed by atoms with Gasteiger partial charge in [-0.3, -0.25) is 4.79 Å². The molecule has 0 aromatic rings. The van der Waals surface area contributed by atoms with Gasteiger partial charge in [0, 0.05) is 12.8 Å². The van der Waals surface area contributed by atoms with Gasteiger partial charge in [0.15, 0.2) is 0 Å². The fraction of sp³-hybridized carbons (Fsp3) is 0.944. The monoisotopic (exact) mass is 266 g/mol. The van der Waals surface area contributed by atoms with Gasteiger partial charge in [0.25, 0.3) is 0 Å². The molecular formula is C18H34O. The zero-order chi connectivity index (χ0) is 13.9. The van der Waals surface area contributed by atoms with Crippen LogP contribution in [0.3, 0.4) is 0 Å². The van der Waals surface area contributed by atoms with Crippen molar-refractivity contribution in [2.45, 2.75) is 97.3 Å². The van der Waals surface area contributed by atoms with E-state index < -0.39 is 0 Å². The standard InChI is InChI=1S/C18H34O/c1-3-4-5-6-7-11-14-18(19)15-16(2)17-12-9-8-10-13-17/h16-17H,3-15H2,1-2H3. The zero-order valence-corrected chi connectivity index (χ0v) is 13.3. The lowest BCUT2D eigenvalue weighted by molar-refractivity contribution is -0.120. The summed E-state index contributed by atoms with van der Waals surface area (Å²) in [6, 6.07) is 0. The van der Waals surface area contributed by atoms with Crippen molar-refractivity contribution in [1.29, 1.82) is 0 Å². The summed E-state index contributed by atoms with van der Waals surface area (Å²) in [5.74, 6) is 1.99. The SMILES string of the molecule is CCCCCCCCC(=O)CC(C)C1CCCCC1. The van der Waals surface area contributed by atoms with Crippen LogP contribution < -0.4 is 0 Å². The molecule has 1 atom stereocenters. The number of carbonyl (C=O) groups excluding carboxylic acids is 1. The minimum Gasteiger partial charge on any atom is -0.300 e. The Morgan fingerprint density at radius 1 is 1.00 bits per heavy atom. The molecule has 1 heteroatoms. The number of carbonyl (C=O) groups is 1.